The van der Waals surface area contributed by atoms with Gasteiger partial charge in [0.25, 0.3) is 5.91 Å². The molecule has 1 aliphatic heterocycles. The van der Waals surface area contributed by atoms with E-state index in [0.29, 0.717) is 37.0 Å². The number of carbonyl (C=O) groups is 1. The fourth-order valence-electron chi connectivity index (χ4n) is 6.45. The lowest BCUT2D eigenvalue weighted by Crippen LogP contribution is -2.54. The molecule has 2 aliphatic rings. The Balaban J connectivity index is 1.34. The minimum atomic E-state index is -1.26. The highest BCUT2D eigenvalue weighted by Gasteiger charge is 2.53. The van der Waals surface area contributed by atoms with Crippen LogP contribution >= 0.6 is 0 Å². The number of benzene rings is 4. The highest BCUT2D eigenvalue weighted by Crippen LogP contribution is 2.43. The molecule has 6 rings (SSSR count). The number of amides is 1. The minimum absolute atomic E-state index is 0.0809. The molecule has 4 aromatic carbocycles. The summed E-state index contributed by atoms with van der Waals surface area (Å²) in [5, 5.41) is 9.09. The van der Waals surface area contributed by atoms with Crippen molar-refractivity contribution in [3.63, 3.8) is 0 Å². The van der Waals surface area contributed by atoms with Gasteiger partial charge in [-0.15, -0.1) is 0 Å². The van der Waals surface area contributed by atoms with Gasteiger partial charge in [-0.25, -0.2) is 10.4 Å². The Labute approximate surface area is 271 Å². The third-order valence-corrected chi connectivity index (χ3v) is 8.98. The SMILES string of the molecule is O=C(NNCC1CCCCC1)[C@@]1(Cc2ccccc2)N=C(c2ccc(OCCCO)cc2)O[C@H]1c1ccc(-c2ccccc2)cc1. The van der Waals surface area contributed by atoms with Gasteiger partial charge in [0.2, 0.25) is 5.90 Å². The van der Waals surface area contributed by atoms with Crippen molar-refractivity contribution in [1.29, 1.82) is 0 Å². The molecule has 46 heavy (non-hydrogen) atoms. The van der Waals surface area contributed by atoms with Crippen LogP contribution < -0.4 is 15.6 Å². The molecule has 1 amide bonds. The fraction of sp³-hybridized carbons (Fsp3) is 0.333. The maximum Gasteiger partial charge on any atom is 0.266 e. The summed E-state index contributed by atoms with van der Waals surface area (Å²) in [7, 11) is 0. The normalized spacial score (nSPS) is 19.7. The van der Waals surface area contributed by atoms with Crippen LogP contribution in [0.3, 0.4) is 0 Å². The average molecular weight is 618 g/mol. The van der Waals surface area contributed by atoms with Gasteiger partial charge in [-0.05, 0) is 65.3 Å². The number of carbonyl (C=O) groups excluding carboxylic acids is 1. The number of nitrogens with one attached hydrogen (secondary N) is 2. The van der Waals surface area contributed by atoms with E-state index in [9.17, 15) is 4.79 Å². The lowest BCUT2D eigenvalue weighted by atomic mass is 9.82. The molecule has 0 aromatic heterocycles. The number of hydrogen-bond acceptors (Lipinski definition) is 6. The van der Waals surface area contributed by atoms with Gasteiger partial charge < -0.3 is 14.6 Å². The Kier molecular flexibility index (Phi) is 10.4. The number of hydrazine groups is 1. The van der Waals surface area contributed by atoms with Crippen molar-refractivity contribution in [2.45, 2.75) is 56.6 Å². The van der Waals surface area contributed by atoms with E-state index in [4.69, 9.17) is 19.6 Å². The number of aliphatic hydroxyl groups is 1. The zero-order valence-electron chi connectivity index (χ0n) is 26.2. The first-order valence-electron chi connectivity index (χ1n) is 16.5. The number of aliphatic imine (C=N–C) groups is 1. The maximum atomic E-state index is 14.5. The molecule has 7 heteroatoms. The molecule has 7 nitrogen and oxygen atoms in total. The topological polar surface area (TPSA) is 92.2 Å². The highest BCUT2D eigenvalue weighted by molar-refractivity contribution is 6.01. The second-order valence-electron chi connectivity index (χ2n) is 12.3. The molecule has 1 heterocycles. The van der Waals surface area contributed by atoms with Crippen molar-refractivity contribution in [1.82, 2.24) is 10.9 Å². The van der Waals surface area contributed by atoms with Crippen molar-refractivity contribution in [3.05, 3.63) is 126 Å². The Morgan fingerprint density at radius 2 is 1.48 bits per heavy atom. The zero-order chi connectivity index (χ0) is 31.6. The van der Waals surface area contributed by atoms with Crippen LogP contribution in [0, 0.1) is 5.92 Å². The van der Waals surface area contributed by atoms with Crippen LogP contribution in [0.1, 0.15) is 61.3 Å². The number of hydrogen-bond donors (Lipinski definition) is 3. The molecule has 1 saturated carbocycles. The second-order valence-corrected chi connectivity index (χ2v) is 12.3. The molecule has 0 bridgehead atoms. The van der Waals surface area contributed by atoms with Crippen LogP contribution in [0.2, 0.25) is 0 Å². The molecular formula is C39H43N3O4. The van der Waals surface area contributed by atoms with Gasteiger partial charge in [-0.2, -0.15) is 0 Å². The third-order valence-electron chi connectivity index (χ3n) is 8.98. The monoisotopic (exact) mass is 617 g/mol. The molecule has 3 N–H and O–H groups in total. The maximum absolute atomic E-state index is 14.5. The molecular weight excluding hydrogens is 574 g/mol. The quantitative estimate of drug-likeness (QED) is 0.113. The van der Waals surface area contributed by atoms with Gasteiger partial charge in [-0.3, -0.25) is 10.2 Å². The summed E-state index contributed by atoms with van der Waals surface area (Å²) in [6.45, 7) is 1.25. The zero-order valence-corrected chi connectivity index (χ0v) is 26.2. The van der Waals surface area contributed by atoms with E-state index in [0.717, 1.165) is 34.4 Å². The van der Waals surface area contributed by atoms with E-state index in [1.807, 2.05) is 84.9 Å². The lowest BCUT2D eigenvalue weighted by Gasteiger charge is -2.31. The number of ether oxygens (including phenoxy) is 2. The molecule has 238 valence electrons. The van der Waals surface area contributed by atoms with Crippen molar-refractivity contribution >= 4 is 11.8 Å². The molecule has 0 radical (unpaired) electrons. The number of rotatable bonds is 13. The van der Waals surface area contributed by atoms with Crippen molar-refractivity contribution in [2.24, 2.45) is 10.9 Å². The second kappa shape index (κ2) is 15.2. The molecule has 0 unspecified atom stereocenters. The predicted molar refractivity (Wildman–Crippen MR) is 181 cm³/mol. The van der Waals surface area contributed by atoms with Gasteiger partial charge in [-0.1, -0.05) is 104 Å². The summed E-state index contributed by atoms with van der Waals surface area (Å²) >= 11 is 0. The molecule has 0 saturated heterocycles. The van der Waals surface area contributed by atoms with Crippen LogP contribution in [0.25, 0.3) is 11.1 Å². The van der Waals surface area contributed by atoms with Gasteiger partial charge in [0.15, 0.2) is 11.6 Å². The summed E-state index contributed by atoms with van der Waals surface area (Å²) in [5.74, 6) is 1.45. The van der Waals surface area contributed by atoms with E-state index < -0.39 is 11.6 Å². The van der Waals surface area contributed by atoms with E-state index >= 15 is 0 Å². The predicted octanol–water partition coefficient (Wildman–Crippen LogP) is 6.82. The summed E-state index contributed by atoms with van der Waals surface area (Å²) < 4.78 is 12.5. The summed E-state index contributed by atoms with van der Waals surface area (Å²) in [5.41, 5.74) is 9.92. The number of aliphatic hydroxyl groups excluding tert-OH is 1. The van der Waals surface area contributed by atoms with E-state index in [1.165, 1.54) is 32.1 Å². The molecule has 1 fully saturated rings. The molecule has 1 aliphatic carbocycles. The van der Waals surface area contributed by atoms with Crippen molar-refractivity contribution < 1.29 is 19.4 Å². The molecule has 0 spiro atoms. The van der Waals surface area contributed by atoms with Crippen LogP contribution in [0.4, 0.5) is 0 Å². The first-order valence-corrected chi connectivity index (χ1v) is 16.5. The minimum Gasteiger partial charge on any atom is -0.494 e. The fourth-order valence-corrected chi connectivity index (χ4v) is 6.45. The van der Waals surface area contributed by atoms with Crippen LogP contribution in [-0.4, -0.2) is 42.2 Å². The van der Waals surface area contributed by atoms with Gasteiger partial charge >= 0.3 is 0 Å². The van der Waals surface area contributed by atoms with Crippen molar-refractivity contribution in [3.8, 4) is 16.9 Å². The van der Waals surface area contributed by atoms with Crippen LogP contribution in [-0.2, 0) is 16.0 Å². The van der Waals surface area contributed by atoms with Crippen molar-refractivity contribution in [2.75, 3.05) is 19.8 Å². The lowest BCUT2D eigenvalue weighted by molar-refractivity contribution is -0.130. The standard InChI is InChI=1S/C39H43N3O4/c43-25-10-26-45-35-23-21-34(22-24-35)37-41-39(27-29-11-4-1-5-12-29,38(44)42-40-28-30-13-6-2-7-14-30)36(46-37)33-19-17-32(18-20-33)31-15-8-3-9-16-31/h1,3-5,8-9,11-12,15-24,30,36,40,43H,2,6-7,10,13-14,25-28H2,(H,42,44)/t36-,39-/m0/s1. The average Bonchev–Trinajstić information content (AvgIpc) is 3.50. The Morgan fingerprint density at radius 3 is 2.17 bits per heavy atom. The molecule has 4 aromatic rings. The summed E-state index contributed by atoms with van der Waals surface area (Å²) in [6.07, 6.45) is 6.40. The number of nitrogens with zero attached hydrogens (tertiary/aromatic N) is 1. The van der Waals surface area contributed by atoms with Gasteiger partial charge in [0.05, 0.1) is 6.61 Å². The van der Waals surface area contributed by atoms with Crippen LogP contribution in [0.15, 0.2) is 114 Å². The first-order chi connectivity index (χ1) is 22.6. The smallest absolute Gasteiger partial charge is 0.266 e. The van der Waals surface area contributed by atoms with E-state index in [1.54, 1.807) is 0 Å². The van der Waals surface area contributed by atoms with Crippen LogP contribution in [0.5, 0.6) is 5.75 Å². The Hall–Kier alpha value is -4.46. The summed E-state index contributed by atoms with van der Waals surface area (Å²) in [6, 6.07) is 36.1. The van der Waals surface area contributed by atoms with Gasteiger partial charge in [0, 0.05) is 31.6 Å². The largest absolute Gasteiger partial charge is 0.494 e. The first kappa shape index (κ1) is 31.5. The van der Waals surface area contributed by atoms with E-state index in [2.05, 4.69) is 35.1 Å². The third kappa shape index (κ3) is 7.49. The highest BCUT2D eigenvalue weighted by atomic mass is 16.5. The van der Waals surface area contributed by atoms with E-state index in [-0.39, 0.29) is 12.5 Å². The molecule has 2 atom stereocenters. The summed E-state index contributed by atoms with van der Waals surface area (Å²) in [4.78, 5) is 19.6. The van der Waals surface area contributed by atoms with Gasteiger partial charge in [0.1, 0.15) is 5.75 Å². The Morgan fingerprint density at radius 1 is 0.826 bits per heavy atom. The Bertz CT molecular complexity index is 1570.